The van der Waals surface area contributed by atoms with Crippen LogP contribution in [-0.4, -0.2) is 42.3 Å². The molecule has 3 rings (SSSR count). The van der Waals surface area contributed by atoms with Gasteiger partial charge in [0.25, 0.3) is 11.1 Å². The summed E-state index contributed by atoms with van der Waals surface area (Å²) < 4.78 is 11.0. The minimum absolute atomic E-state index is 0.163. The number of carbonyl (C=O) groups is 1. The van der Waals surface area contributed by atoms with Crippen LogP contribution in [0.4, 0.5) is 5.69 Å². The molecule has 1 fully saturated rings. The number of benzene rings is 2. The van der Waals surface area contributed by atoms with Crippen molar-refractivity contribution in [2.24, 2.45) is 0 Å². The number of para-hydroxylation sites is 1. The third-order valence-corrected chi connectivity index (χ3v) is 3.96. The predicted molar refractivity (Wildman–Crippen MR) is 96.5 cm³/mol. The van der Waals surface area contributed by atoms with Crippen molar-refractivity contribution in [3.05, 3.63) is 60.2 Å². The number of morpholine rings is 1. The summed E-state index contributed by atoms with van der Waals surface area (Å²) in [6, 6.07) is 16.3. The van der Waals surface area contributed by atoms with Crippen LogP contribution in [0, 0.1) is 0 Å². The second-order valence-corrected chi connectivity index (χ2v) is 5.66. The lowest BCUT2D eigenvalue weighted by atomic mass is 10.2. The maximum Gasteiger partial charge on any atom is 0.264 e. The van der Waals surface area contributed by atoms with Crippen molar-refractivity contribution in [1.82, 2.24) is 4.90 Å². The van der Waals surface area contributed by atoms with Crippen LogP contribution < -0.4 is 10.1 Å². The van der Waals surface area contributed by atoms with Gasteiger partial charge in [-0.15, -0.1) is 0 Å². The normalized spacial score (nSPS) is 14.1. The molecular formula is C18H18N2O3S. The Morgan fingerprint density at radius 1 is 1.04 bits per heavy atom. The summed E-state index contributed by atoms with van der Waals surface area (Å²) in [6.07, 6.45) is 0. The summed E-state index contributed by atoms with van der Waals surface area (Å²) in [6.45, 7) is 2.77. The van der Waals surface area contributed by atoms with Gasteiger partial charge in [-0.3, -0.25) is 4.79 Å². The zero-order valence-corrected chi connectivity index (χ0v) is 13.9. The highest BCUT2D eigenvalue weighted by atomic mass is 32.1. The maximum atomic E-state index is 12.2. The number of ether oxygens (including phenoxy) is 2. The molecule has 0 saturated carbocycles. The molecule has 1 N–H and O–H groups in total. The molecule has 1 aliphatic rings. The molecule has 2 aromatic rings. The van der Waals surface area contributed by atoms with E-state index in [0.29, 0.717) is 29.7 Å². The van der Waals surface area contributed by atoms with Crippen molar-refractivity contribution in [1.29, 1.82) is 0 Å². The summed E-state index contributed by atoms with van der Waals surface area (Å²) in [7, 11) is 0. The van der Waals surface area contributed by atoms with Crippen molar-refractivity contribution >= 4 is 29.0 Å². The molecule has 0 aliphatic carbocycles. The van der Waals surface area contributed by atoms with Crippen LogP contribution in [0.3, 0.4) is 0 Å². The first-order valence-electron chi connectivity index (χ1n) is 7.73. The van der Waals surface area contributed by atoms with Crippen molar-refractivity contribution < 1.29 is 14.3 Å². The topological polar surface area (TPSA) is 50.8 Å². The molecule has 0 atom stereocenters. The summed E-state index contributed by atoms with van der Waals surface area (Å²) in [5.41, 5.74) is 1.32. The van der Waals surface area contributed by atoms with Crippen LogP contribution in [0.25, 0.3) is 0 Å². The van der Waals surface area contributed by atoms with Gasteiger partial charge in [-0.05, 0) is 48.6 Å². The van der Waals surface area contributed by atoms with Crippen molar-refractivity contribution in [2.45, 2.75) is 0 Å². The smallest absolute Gasteiger partial charge is 0.264 e. The fraction of sp³-hybridized carbons (Fsp3) is 0.222. The molecule has 124 valence electrons. The van der Waals surface area contributed by atoms with E-state index in [4.69, 9.17) is 21.7 Å². The van der Waals surface area contributed by atoms with E-state index < -0.39 is 0 Å². The third kappa shape index (κ3) is 4.31. The van der Waals surface area contributed by atoms with E-state index in [-0.39, 0.29) is 5.91 Å². The zero-order chi connectivity index (χ0) is 16.8. The predicted octanol–water partition coefficient (Wildman–Crippen LogP) is 2.93. The molecule has 0 unspecified atom stereocenters. The second-order valence-electron chi connectivity index (χ2n) is 5.31. The fourth-order valence-electron chi connectivity index (χ4n) is 2.31. The Morgan fingerprint density at radius 3 is 2.38 bits per heavy atom. The Balaban J connectivity index is 1.58. The lowest BCUT2D eigenvalue weighted by Gasteiger charge is -2.28. The average Bonchev–Trinajstić information content (AvgIpc) is 2.64. The Bertz CT molecular complexity index is 698. The number of thiocarbonyl (C=S) groups is 1. The third-order valence-electron chi connectivity index (χ3n) is 3.62. The van der Waals surface area contributed by atoms with Gasteiger partial charge in [0.15, 0.2) is 0 Å². The molecule has 24 heavy (non-hydrogen) atoms. The number of rotatable bonds is 3. The second kappa shape index (κ2) is 7.90. The van der Waals surface area contributed by atoms with Crippen LogP contribution >= 0.6 is 12.2 Å². The first-order chi connectivity index (χ1) is 11.7. The van der Waals surface area contributed by atoms with Gasteiger partial charge in [0.2, 0.25) is 0 Å². The number of carbonyl (C=O) groups excluding carboxylic acids is 1. The van der Waals surface area contributed by atoms with E-state index in [1.54, 1.807) is 24.3 Å². The molecule has 1 saturated heterocycles. The lowest BCUT2D eigenvalue weighted by Crippen LogP contribution is -2.42. The van der Waals surface area contributed by atoms with Gasteiger partial charge in [-0.2, -0.15) is 0 Å². The van der Waals surface area contributed by atoms with Gasteiger partial charge >= 0.3 is 0 Å². The van der Waals surface area contributed by atoms with Crippen LogP contribution in [-0.2, 0) is 4.74 Å². The molecule has 0 bridgehead atoms. The minimum atomic E-state index is -0.163. The summed E-state index contributed by atoms with van der Waals surface area (Å²) in [5, 5.41) is 3.27. The number of anilines is 1. The Kier molecular flexibility index (Phi) is 5.40. The summed E-state index contributed by atoms with van der Waals surface area (Å²) in [4.78, 5) is 14.2. The van der Waals surface area contributed by atoms with Crippen LogP contribution in [0.5, 0.6) is 5.75 Å². The van der Waals surface area contributed by atoms with Crippen LogP contribution in [0.15, 0.2) is 54.6 Å². The van der Waals surface area contributed by atoms with E-state index in [0.717, 1.165) is 18.8 Å². The Labute approximate surface area is 146 Å². The Hall–Kier alpha value is -2.44. The largest absolute Gasteiger partial charge is 0.432 e. The molecular weight excluding hydrogens is 324 g/mol. The molecule has 0 radical (unpaired) electrons. The highest BCUT2D eigenvalue weighted by Crippen LogP contribution is 2.15. The quantitative estimate of drug-likeness (QED) is 0.869. The number of nitrogens with zero attached hydrogens (tertiary/aromatic N) is 1. The van der Waals surface area contributed by atoms with E-state index in [2.05, 4.69) is 5.32 Å². The lowest BCUT2D eigenvalue weighted by molar-refractivity contribution is 0.0631. The number of nitrogens with one attached hydrogen (secondary N) is 1. The zero-order valence-electron chi connectivity index (χ0n) is 13.1. The number of amides is 1. The SMILES string of the molecule is O=C(Nc1ccccc1)c1ccc(OC(=S)N2CCOCC2)cc1. The van der Waals surface area contributed by atoms with E-state index in [1.807, 2.05) is 35.2 Å². The molecule has 5 nitrogen and oxygen atoms in total. The van der Waals surface area contributed by atoms with Crippen molar-refractivity contribution in [2.75, 3.05) is 31.6 Å². The molecule has 1 amide bonds. The minimum Gasteiger partial charge on any atom is -0.432 e. The van der Waals surface area contributed by atoms with Crippen LogP contribution in [0.1, 0.15) is 10.4 Å². The number of hydrogen-bond acceptors (Lipinski definition) is 4. The monoisotopic (exact) mass is 342 g/mol. The van der Waals surface area contributed by atoms with Crippen molar-refractivity contribution in [3.63, 3.8) is 0 Å². The molecule has 1 heterocycles. The number of hydrogen-bond donors (Lipinski definition) is 1. The van der Waals surface area contributed by atoms with Crippen molar-refractivity contribution in [3.8, 4) is 5.75 Å². The van der Waals surface area contributed by atoms with E-state index in [1.165, 1.54) is 0 Å². The first-order valence-corrected chi connectivity index (χ1v) is 8.14. The molecule has 6 heteroatoms. The van der Waals surface area contributed by atoms with Crippen LogP contribution in [0.2, 0.25) is 0 Å². The van der Waals surface area contributed by atoms with E-state index >= 15 is 0 Å². The molecule has 1 aliphatic heterocycles. The molecule has 0 aromatic heterocycles. The van der Waals surface area contributed by atoms with Gasteiger partial charge in [0.05, 0.1) is 13.2 Å². The fourth-order valence-corrected chi connectivity index (χ4v) is 2.59. The van der Waals surface area contributed by atoms with Gasteiger partial charge in [0, 0.05) is 24.3 Å². The highest BCUT2D eigenvalue weighted by Gasteiger charge is 2.15. The van der Waals surface area contributed by atoms with Gasteiger partial charge in [-0.1, -0.05) is 18.2 Å². The van der Waals surface area contributed by atoms with E-state index in [9.17, 15) is 4.79 Å². The van der Waals surface area contributed by atoms with Gasteiger partial charge in [-0.25, -0.2) is 0 Å². The van der Waals surface area contributed by atoms with Gasteiger partial charge in [0.1, 0.15) is 5.75 Å². The van der Waals surface area contributed by atoms with Gasteiger partial charge < -0.3 is 19.7 Å². The maximum absolute atomic E-state index is 12.2. The first kappa shape index (κ1) is 16.4. The Morgan fingerprint density at radius 2 is 1.71 bits per heavy atom. The average molecular weight is 342 g/mol. The summed E-state index contributed by atoms with van der Waals surface area (Å²) >= 11 is 5.30. The standard InChI is InChI=1S/C18H18N2O3S/c21-17(19-15-4-2-1-3-5-15)14-6-8-16(9-7-14)23-18(24)20-10-12-22-13-11-20/h1-9H,10-13H2,(H,19,21). The molecule has 0 spiro atoms. The summed E-state index contributed by atoms with van der Waals surface area (Å²) in [5.74, 6) is 0.450. The molecule has 2 aromatic carbocycles. The highest BCUT2D eigenvalue weighted by molar-refractivity contribution is 7.80.